The Hall–Kier alpha value is -1.18. The molecule has 13 heavy (non-hydrogen) atoms. The van der Waals surface area contributed by atoms with Gasteiger partial charge in [0, 0.05) is 23.4 Å². The van der Waals surface area contributed by atoms with Crippen LogP contribution in [0, 0.1) is 6.92 Å². The number of aromatic nitrogens is 2. The van der Waals surface area contributed by atoms with Crippen molar-refractivity contribution in [1.29, 1.82) is 0 Å². The van der Waals surface area contributed by atoms with Crippen molar-refractivity contribution in [3.63, 3.8) is 0 Å². The van der Waals surface area contributed by atoms with Crippen LogP contribution in [0.25, 0.3) is 6.08 Å². The second-order valence-corrected chi connectivity index (χ2v) is 3.60. The smallest absolute Gasteiger partial charge is 0.131 e. The van der Waals surface area contributed by atoms with Gasteiger partial charge in [-0.1, -0.05) is 19.1 Å². The Morgan fingerprint density at radius 1 is 1.54 bits per heavy atom. The summed E-state index contributed by atoms with van der Waals surface area (Å²) in [5.74, 6) is 1.65. The lowest BCUT2D eigenvalue weighted by atomic mass is 9.85. The molecule has 0 atom stereocenters. The van der Waals surface area contributed by atoms with Crippen LogP contribution >= 0.6 is 0 Å². The summed E-state index contributed by atoms with van der Waals surface area (Å²) in [6.07, 6.45) is 7.53. The molecule has 1 aromatic rings. The van der Waals surface area contributed by atoms with E-state index in [0.717, 1.165) is 17.1 Å². The Bertz CT molecular complexity index is 327. The van der Waals surface area contributed by atoms with E-state index in [9.17, 15) is 0 Å². The van der Waals surface area contributed by atoms with Crippen molar-refractivity contribution in [2.75, 3.05) is 0 Å². The maximum Gasteiger partial charge on any atom is 0.131 e. The largest absolute Gasteiger partial charge is 0.240 e. The quantitative estimate of drug-likeness (QED) is 0.689. The highest BCUT2D eigenvalue weighted by molar-refractivity contribution is 5.47. The first-order valence-corrected chi connectivity index (χ1v) is 4.77. The first kappa shape index (κ1) is 8.42. The van der Waals surface area contributed by atoms with Crippen LogP contribution in [0.4, 0.5) is 0 Å². The zero-order valence-electron chi connectivity index (χ0n) is 7.95. The van der Waals surface area contributed by atoms with Crippen molar-refractivity contribution in [1.82, 2.24) is 9.97 Å². The molecule has 0 radical (unpaired) electrons. The van der Waals surface area contributed by atoms with Gasteiger partial charge in [0.05, 0.1) is 0 Å². The normalized spacial score (nSPS) is 16.7. The molecule has 1 aromatic heterocycles. The van der Waals surface area contributed by atoms with E-state index in [4.69, 9.17) is 0 Å². The predicted octanol–water partition coefficient (Wildman–Crippen LogP) is 2.70. The van der Waals surface area contributed by atoms with Crippen LogP contribution in [0.5, 0.6) is 0 Å². The minimum atomic E-state index is 0.623. The van der Waals surface area contributed by atoms with E-state index in [0.29, 0.717) is 5.92 Å². The van der Waals surface area contributed by atoms with Gasteiger partial charge in [-0.05, 0) is 19.8 Å². The fourth-order valence-electron chi connectivity index (χ4n) is 1.56. The van der Waals surface area contributed by atoms with E-state index >= 15 is 0 Å². The Labute approximate surface area is 78.7 Å². The maximum absolute atomic E-state index is 4.48. The number of hydrogen-bond donors (Lipinski definition) is 0. The summed E-state index contributed by atoms with van der Waals surface area (Å²) in [7, 11) is 0. The van der Waals surface area contributed by atoms with E-state index in [1.807, 2.05) is 13.1 Å². The first-order chi connectivity index (χ1) is 6.31. The number of hydrogen-bond acceptors (Lipinski definition) is 2. The molecule has 0 bridgehead atoms. The molecular formula is C11H14N2. The van der Waals surface area contributed by atoms with E-state index in [1.54, 1.807) is 6.08 Å². The molecule has 0 amide bonds. The molecule has 0 spiro atoms. The molecule has 68 valence electrons. The van der Waals surface area contributed by atoms with Crippen molar-refractivity contribution in [3.8, 4) is 0 Å². The van der Waals surface area contributed by atoms with Gasteiger partial charge in [-0.2, -0.15) is 0 Å². The van der Waals surface area contributed by atoms with Gasteiger partial charge >= 0.3 is 0 Å². The van der Waals surface area contributed by atoms with E-state index in [2.05, 4.69) is 16.5 Å². The molecule has 1 heterocycles. The molecule has 0 saturated heterocycles. The lowest BCUT2D eigenvalue weighted by Gasteiger charge is -2.23. The molecule has 0 N–H and O–H groups in total. The molecular weight excluding hydrogens is 160 g/mol. The van der Waals surface area contributed by atoms with Gasteiger partial charge in [-0.15, -0.1) is 0 Å². The third-order valence-corrected chi connectivity index (χ3v) is 2.73. The Balaban J connectivity index is 2.29. The summed E-state index contributed by atoms with van der Waals surface area (Å²) in [6, 6.07) is 0. The summed E-state index contributed by atoms with van der Waals surface area (Å²) in [5.41, 5.74) is 2.09. The average Bonchev–Trinajstić information content (AvgIpc) is 2.01. The molecule has 1 aliphatic rings. The standard InChI is InChI=1S/C11H14N2/c1-3-9-7-12-11(13-8(9)2)10-5-4-6-10/h3,7,10H,1,4-6H2,2H3. The fourth-order valence-corrected chi connectivity index (χ4v) is 1.56. The third-order valence-electron chi connectivity index (χ3n) is 2.73. The van der Waals surface area contributed by atoms with E-state index in [1.165, 1.54) is 19.3 Å². The minimum absolute atomic E-state index is 0.623. The van der Waals surface area contributed by atoms with Gasteiger partial charge in [0.25, 0.3) is 0 Å². The van der Waals surface area contributed by atoms with Crippen LogP contribution in [0.3, 0.4) is 0 Å². The third kappa shape index (κ3) is 1.48. The van der Waals surface area contributed by atoms with E-state index < -0.39 is 0 Å². The average molecular weight is 174 g/mol. The highest BCUT2D eigenvalue weighted by Gasteiger charge is 2.22. The summed E-state index contributed by atoms with van der Waals surface area (Å²) < 4.78 is 0. The van der Waals surface area contributed by atoms with Gasteiger partial charge in [-0.25, -0.2) is 9.97 Å². The molecule has 0 aromatic carbocycles. The zero-order valence-corrected chi connectivity index (χ0v) is 7.95. The second kappa shape index (κ2) is 3.29. The second-order valence-electron chi connectivity index (χ2n) is 3.60. The predicted molar refractivity (Wildman–Crippen MR) is 53.5 cm³/mol. The Morgan fingerprint density at radius 2 is 2.31 bits per heavy atom. The monoisotopic (exact) mass is 174 g/mol. The maximum atomic E-state index is 4.48. The van der Waals surface area contributed by atoms with Crippen LogP contribution < -0.4 is 0 Å². The van der Waals surface area contributed by atoms with Crippen LogP contribution in [0.15, 0.2) is 12.8 Å². The number of rotatable bonds is 2. The fraction of sp³-hybridized carbons (Fsp3) is 0.455. The van der Waals surface area contributed by atoms with Gasteiger partial charge < -0.3 is 0 Å². The highest BCUT2D eigenvalue weighted by atomic mass is 14.9. The molecule has 1 saturated carbocycles. The molecule has 1 aliphatic carbocycles. The van der Waals surface area contributed by atoms with Gasteiger partial charge in [0.1, 0.15) is 5.82 Å². The molecule has 0 unspecified atom stereocenters. The zero-order chi connectivity index (χ0) is 9.26. The first-order valence-electron chi connectivity index (χ1n) is 4.77. The topological polar surface area (TPSA) is 25.8 Å². The Kier molecular flexibility index (Phi) is 2.13. The number of aryl methyl sites for hydroxylation is 1. The van der Waals surface area contributed by atoms with Gasteiger partial charge in [-0.3, -0.25) is 0 Å². The van der Waals surface area contributed by atoms with Crippen molar-refractivity contribution < 1.29 is 0 Å². The Morgan fingerprint density at radius 3 is 2.77 bits per heavy atom. The van der Waals surface area contributed by atoms with Crippen molar-refractivity contribution in [3.05, 3.63) is 29.9 Å². The summed E-state index contributed by atoms with van der Waals surface area (Å²) in [5, 5.41) is 0. The van der Waals surface area contributed by atoms with Crippen molar-refractivity contribution >= 4 is 6.08 Å². The lowest BCUT2D eigenvalue weighted by molar-refractivity contribution is 0.400. The van der Waals surface area contributed by atoms with Crippen molar-refractivity contribution in [2.24, 2.45) is 0 Å². The summed E-state index contributed by atoms with van der Waals surface area (Å²) in [4.78, 5) is 8.83. The summed E-state index contributed by atoms with van der Waals surface area (Å²) >= 11 is 0. The van der Waals surface area contributed by atoms with Crippen molar-refractivity contribution in [2.45, 2.75) is 32.1 Å². The molecule has 0 aliphatic heterocycles. The van der Waals surface area contributed by atoms with Crippen LogP contribution in [0.2, 0.25) is 0 Å². The minimum Gasteiger partial charge on any atom is -0.240 e. The summed E-state index contributed by atoms with van der Waals surface area (Å²) in [6.45, 7) is 5.74. The molecule has 2 heteroatoms. The van der Waals surface area contributed by atoms with Gasteiger partial charge in [0.15, 0.2) is 0 Å². The molecule has 2 rings (SSSR count). The highest BCUT2D eigenvalue weighted by Crippen LogP contribution is 2.34. The SMILES string of the molecule is C=Cc1cnc(C2CCC2)nc1C. The van der Waals surface area contributed by atoms with Crippen LogP contribution in [-0.2, 0) is 0 Å². The van der Waals surface area contributed by atoms with Crippen LogP contribution in [-0.4, -0.2) is 9.97 Å². The molecule has 1 fully saturated rings. The molecule has 2 nitrogen and oxygen atoms in total. The lowest BCUT2D eigenvalue weighted by Crippen LogP contribution is -2.13. The number of nitrogens with zero attached hydrogens (tertiary/aromatic N) is 2. The van der Waals surface area contributed by atoms with E-state index in [-0.39, 0.29) is 0 Å². The van der Waals surface area contributed by atoms with Gasteiger partial charge in [0.2, 0.25) is 0 Å². The van der Waals surface area contributed by atoms with Crippen LogP contribution in [0.1, 0.15) is 42.3 Å².